The number of anilines is 1. The van der Waals surface area contributed by atoms with E-state index in [2.05, 4.69) is 10.4 Å². The molecule has 3 N–H and O–H groups in total. The smallest absolute Gasteiger partial charge is 0.335 e. The van der Waals surface area contributed by atoms with Crippen LogP contribution in [0.3, 0.4) is 0 Å². The number of carboxylic acids is 1. The van der Waals surface area contributed by atoms with Gasteiger partial charge in [-0.05, 0) is 30.5 Å². The monoisotopic (exact) mass is 383 g/mol. The molecule has 148 valence electrons. The third-order valence-corrected chi connectivity index (χ3v) is 5.96. The Hall–Kier alpha value is -2.83. The molecule has 1 amide bonds. The number of nitrogens with one attached hydrogen (secondary N) is 2. The van der Waals surface area contributed by atoms with Gasteiger partial charge < -0.3 is 10.4 Å². The fourth-order valence-corrected chi connectivity index (χ4v) is 4.49. The molecule has 1 saturated carbocycles. The summed E-state index contributed by atoms with van der Waals surface area (Å²) in [6.07, 6.45) is 8.07. The summed E-state index contributed by atoms with van der Waals surface area (Å²) in [5, 5.41) is 15.0. The second-order valence-electron chi connectivity index (χ2n) is 7.80. The van der Waals surface area contributed by atoms with Crippen molar-refractivity contribution < 1.29 is 14.7 Å². The van der Waals surface area contributed by atoms with E-state index in [1.165, 1.54) is 31.4 Å². The number of rotatable bonds is 3. The van der Waals surface area contributed by atoms with Crippen LogP contribution in [0.15, 0.2) is 29.1 Å². The molecule has 7 nitrogen and oxygen atoms in total. The Morgan fingerprint density at radius 1 is 1.00 bits per heavy atom. The van der Waals surface area contributed by atoms with Crippen molar-refractivity contribution in [2.75, 3.05) is 5.32 Å². The SMILES string of the molecule is O=C1C[C@H](c2ccc(C(=O)O)cc2)c2c(n(C3CCCCCCC3)[nH]c2=O)N1. The number of carbonyl (C=O) groups excluding carboxylic acids is 1. The van der Waals surface area contributed by atoms with Crippen molar-refractivity contribution in [3.05, 3.63) is 51.3 Å². The topological polar surface area (TPSA) is 104 Å². The van der Waals surface area contributed by atoms with Crippen molar-refractivity contribution in [3.8, 4) is 0 Å². The minimum absolute atomic E-state index is 0.126. The Kier molecular flexibility index (Phi) is 5.07. The molecule has 2 aromatic rings. The molecule has 0 spiro atoms. The zero-order valence-electron chi connectivity index (χ0n) is 15.7. The zero-order valence-corrected chi connectivity index (χ0v) is 15.7. The molecule has 0 radical (unpaired) electrons. The third-order valence-electron chi connectivity index (χ3n) is 5.96. The van der Waals surface area contributed by atoms with E-state index in [1.807, 2.05) is 4.68 Å². The Morgan fingerprint density at radius 2 is 1.64 bits per heavy atom. The van der Waals surface area contributed by atoms with E-state index in [9.17, 15) is 14.4 Å². The number of aromatic nitrogens is 2. The largest absolute Gasteiger partial charge is 0.478 e. The predicted octanol–water partition coefficient (Wildman–Crippen LogP) is 3.63. The lowest BCUT2D eigenvalue weighted by molar-refractivity contribution is -0.116. The second kappa shape index (κ2) is 7.66. The standard InChI is InChI=1S/C21H25N3O4/c25-17-12-16(13-8-10-14(11-9-13)21(27)28)18-19(22-17)24(23-20(18)26)15-6-4-2-1-3-5-7-15/h8-11,15-16H,1-7,12H2,(H,22,25)(H,23,26)(H,27,28)/t16-/m1/s1. The Morgan fingerprint density at radius 3 is 2.29 bits per heavy atom. The number of hydrogen-bond acceptors (Lipinski definition) is 3. The molecule has 0 bridgehead atoms. The normalized spacial score (nSPS) is 20.7. The van der Waals surface area contributed by atoms with Gasteiger partial charge in [-0.25, -0.2) is 4.79 Å². The summed E-state index contributed by atoms with van der Waals surface area (Å²) in [7, 11) is 0. The third kappa shape index (κ3) is 3.48. The molecule has 1 aliphatic carbocycles. The highest BCUT2D eigenvalue weighted by molar-refractivity contribution is 5.94. The highest BCUT2D eigenvalue weighted by atomic mass is 16.4. The van der Waals surface area contributed by atoms with Gasteiger partial charge in [-0.1, -0.05) is 44.2 Å². The minimum Gasteiger partial charge on any atom is -0.478 e. The summed E-state index contributed by atoms with van der Waals surface area (Å²) >= 11 is 0. The molecule has 2 aliphatic rings. The van der Waals surface area contributed by atoms with Gasteiger partial charge in [-0.3, -0.25) is 19.4 Å². The molecule has 28 heavy (non-hydrogen) atoms. The maximum Gasteiger partial charge on any atom is 0.335 e. The van der Waals surface area contributed by atoms with Crippen molar-refractivity contribution in [2.24, 2.45) is 0 Å². The first kappa shape index (κ1) is 18.5. The molecular weight excluding hydrogens is 358 g/mol. The number of amides is 1. The van der Waals surface area contributed by atoms with Crippen LogP contribution in [0.5, 0.6) is 0 Å². The van der Waals surface area contributed by atoms with Gasteiger partial charge >= 0.3 is 5.97 Å². The first-order valence-electron chi connectivity index (χ1n) is 10.0. The Balaban J connectivity index is 1.72. The van der Waals surface area contributed by atoms with Gasteiger partial charge in [0.15, 0.2) is 0 Å². The van der Waals surface area contributed by atoms with Gasteiger partial charge in [-0.15, -0.1) is 0 Å². The highest BCUT2D eigenvalue weighted by Crippen LogP contribution is 2.38. The molecule has 1 fully saturated rings. The average Bonchev–Trinajstić information content (AvgIpc) is 2.97. The number of carboxylic acid groups (broad SMARTS) is 1. The van der Waals surface area contributed by atoms with E-state index >= 15 is 0 Å². The number of aromatic carboxylic acids is 1. The first-order valence-corrected chi connectivity index (χ1v) is 10.0. The molecular formula is C21H25N3O4. The van der Waals surface area contributed by atoms with Gasteiger partial charge in [0.05, 0.1) is 17.2 Å². The number of aromatic amines is 1. The number of H-pyrrole nitrogens is 1. The van der Waals surface area contributed by atoms with Gasteiger partial charge in [0.2, 0.25) is 5.91 Å². The van der Waals surface area contributed by atoms with Crippen molar-refractivity contribution in [3.63, 3.8) is 0 Å². The summed E-state index contributed by atoms with van der Waals surface area (Å²) in [5.41, 5.74) is 1.36. The fraction of sp³-hybridized carbons (Fsp3) is 0.476. The number of nitrogens with zero attached hydrogens (tertiary/aromatic N) is 1. The Labute approximate surface area is 162 Å². The number of carbonyl (C=O) groups is 2. The summed E-state index contributed by atoms with van der Waals surface area (Å²) < 4.78 is 1.87. The van der Waals surface area contributed by atoms with Gasteiger partial charge in [0, 0.05) is 12.3 Å². The van der Waals surface area contributed by atoms with E-state index in [1.54, 1.807) is 12.1 Å². The van der Waals surface area contributed by atoms with Gasteiger partial charge in [-0.2, -0.15) is 0 Å². The lowest BCUT2D eigenvalue weighted by Gasteiger charge is -2.27. The number of fused-ring (bicyclic) bond motifs is 1. The maximum atomic E-state index is 12.8. The minimum atomic E-state index is -0.998. The fourth-order valence-electron chi connectivity index (χ4n) is 4.49. The molecule has 1 aromatic carbocycles. The van der Waals surface area contributed by atoms with Crippen LogP contribution in [-0.2, 0) is 4.79 Å². The number of hydrogen-bond donors (Lipinski definition) is 3. The molecule has 7 heteroatoms. The molecule has 1 atom stereocenters. The van der Waals surface area contributed by atoms with E-state index in [-0.39, 0.29) is 35.4 Å². The quantitative estimate of drug-likeness (QED) is 0.753. The van der Waals surface area contributed by atoms with Crippen LogP contribution in [0.2, 0.25) is 0 Å². The lowest BCUT2D eigenvalue weighted by atomic mass is 9.86. The van der Waals surface area contributed by atoms with Crippen LogP contribution in [0.25, 0.3) is 0 Å². The summed E-state index contributed by atoms with van der Waals surface area (Å²) in [6, 6.07) is 6.62. The van der Waals surface area contributed by atoms with Crippen molar-refractivity contribution in [1.82, 2.24) is 9.78 Å². The van der Waals surface area contributed by atoms with E-state index in [0.717, 1.165) is 31.2 Å². The molecule has 0 saturated heterocycles. The molecule has 0 unspecified atom stereocenters. The molecule has 1 aromatic heterocycles. The van der Waals surface area contributed by atoms with E-state index in [0.29, 0.717) is 11.4 Å². The van der Waals surface area contributed by atoms with Crippen LogP contribution in [0.4, 0.5) is 5.82 Å². The van der Waals surface area contributed by atoms with E-state index in [4.69, 9.17) is 5.11 Å². The average molecular weight is 383 g/mol. The molecule has 2 heterocycles. The van der Waals surface area contributed by atoms with Crippen LogP contribution < -0.4 is 10.9 Å². The van der Waals surface area contributed by atoms with Crippen molar-refractivity contribution in [1.29, 1.82) is 0 Å². The Bertz CT molecular complexity index is 934. The van der Waals surface area contributed by atoms with Crippen LogP contribution in [0.1, 0.15) is 84.8 Å². The van der Waals surface area contributed by atoms with Gasteiger partial charge in [0.25, 0.3) is 5.56 Å². The second-order valence-corrected chi connectivity index (χ2v) is 7.80. The summed E-state index contributed by atoms with van der Waals surface area (Å²) in [5.74, 6) is -0.912. The van der Waals surface area contributed by atoms with Crippen LogP contribution >= 0.6 is 0 Å². The van der Waals surface area contributed by atoms with Crippen molar-refractivity contribution >= 4 is 17.7 Å². The highest BCUT2D eigenvalue weighted by Gasteiger charge is 2.34. The summed E-state index contributed by atoms with van der Waals surface area (Å²) in [6.45, 7) is 0. The zero-order chi connectivity index (χ0) is 19.7. The molecule has 4 rings (SSSR count). The lowest BCUT2D eigenvalue weighted by Crippen LogP contribution is -2.27. The van der Waals surface area contributed by atoms with E-state index < -0.39 is 5.97 Å². The van der Waals surface area contributed by atoms with Crippen LogP contribution in [-0.4, -0.2) is 26.8 Å². The van der Waals surface area contributed by atoms with Gasteiger partial charge in [0.1, 0.15) is 5.82 Å². The molecule has 1 aliphatic heterocycles. The first-order chi connectivity index (χ1) is 13.5. The predicted molar refractivity (Wildman–Crippen MR) is 105 cm³/mol. The van der Waals surface area contributed by atoms with Crippen molar-refractivity contribution in [2.45, 2.75) is 63.3 Å². The number of benzene rings is 1. The van der Waals surface area contributed by atoms with Crippen LogP contribution in [0, 0.1) is 0 Å². The maximum absolute atomic E-state index is 12.8. The summed E-state index contributed by atoms with van der Waals surface area (Å²) in [4.78, 5) is 36.3.